The van der Waals surface area contributed by atoms with Crippen LogP contribution in [0.3, 0.4) is 0 Å². The predicted octanol–water partition coefficient (Wildman–Crippen LogP) is 11.8. The third-order valence-corrected chi connectivity index (χ3v) is 11.4. The molecule has 2 heterocycles. The number of hydrogen-bond acceptors (Lipinski definition) is 3. The molecule has 5 heteroatoms. The molecule has 1 N–H and O–H groups in total. The van der Waals surface area contributed by atoms with Crippen molar-refractivity contribution in [1.29, 1.82) is 0 Å². The summed E-state index contributed by atoms with van der Waals surface area (Å²) in [6.07, 6.45) is 2.13. The first kappa shape index (κ1) is 34.5. The minimum atomic E-state index is -0.239. The van der Waals surface area contributed by atoms with E-state index in [1.807, 2.05) is 18.2 Å². The maximum atomic E-state index is 11.3. The maximum absolute atomic E-state index is 11.3. The summed E-state index contributed by atoms with van der Waals surface area (Å²) in [5.74, 6) is 1.04. The normalized spacial score (nSPS) is 13.9. The summed E-state index contributed by atoms with van der Waals surface area (Å²) in [7, 11) is 0. The van der Waals surface area contributed by atoms with Crippen molar-refractivity contribution in [2.45, 2.75) is 38.5 Å². The smallest absolute Gasteiger partial charge is 0.125 e. The molecule has 0 radical (unpaired) electrons. The van der Waals surface area contributed by atoms with Crippen molar-refractivity contribution in [3.63, 3.8) is 0 Å². The average Bonchev–Trinajstić information content (AvgIpc) is 3.62. The van der Waals surface area contributed by atoms with E-state index in [4.69, 9.17) is 9.97 Å². The Balaban J connectivity index is 0.00000400. The van der Waals surface area contributed by atoms with Gasteiger partial charge in [0.2, 0.25) is 0 Å². The summed E-state index contributed by atoms with van der Waals surface area (Å²) in [6, 6.07) is 53.7. The molecule has 2 aromatic heterocycles. The second kappa shape index (κ2) is 13.1. The van der Waals surface area contributed by atoms with Gasteiger partial charge < -0.3 is 9.67 Å². The van der Waals surface area contributed by atoms with Gasteiger partial charge in [0, 0.05) is 49.4 Å². The van der Waals surface area contributed by atoms with E-state index in [-0.39, 0.29) is 37.6 Å². The minimum absolute atomic E-state index is 0. The van der Waals surface area contributed by atoms with Gasteiger partial charge in [-0.05, 0) is 39.8 Å². The second-order valence-electron chi connectivity index (χ2n) is 14.7. The van der Waals surface area contributed by atoms with Crippen LogP contribution in [0.2, 0.25) is 0 Å². The van der Waals surface area contributed by atoms with Crippen molar-refractivity contribution >= 4 is 10.8 Å². The summed E-state index contributed by atoms with van der Waals surface area (Å²) < 4.78 is 2.25. The quantitative estimate of drug-likeness (QED) is 0.175. The number of aromatic nitrogens is 3. The van der Waals surface area contributed by atoms with Gasteiger partial charge in [0.05, 0.1) is 17.1 Å². The first-order chi connectivity index (χ1) is 25.2. The topological polar surface area (TPSA) is 50.9 Å². The molecule has 262 valence electrons. The molecule has 6 aromatic carbocycles. The molecule has 0 fully saturated rings. The number of nitrogens with zero attached hydrogens (tertiary/aromatic N) is 3. The Labute approximate surface area is 325 Å². The third kappa shape index (κ3) is 5.47. The van der Waals surface area contributed by atoms with E-state index in [1.165, 1.54) is 0 Å². The average molecular weight is 868 g/mol. The van der Waals surface area contributed by atoms with E-state index in [0.29, 0.717) is 0 Å². The minimum Gasteiger partial charge on any atom is -0.507 e. The van der Waals surface area contributed by atoms with Gasteiger partial charge in [0.25, 0.3) is 0 Å². The van der Waals surface area contributed by atoms with E-state index >= 15 is 0 Å². The van der Waals surface area contributed by atoms with Crippen molar-refractivity contribution in [2.75, 3.05) is 0 Å². The molecule has 8 aromatic rings. The molecule has 0 atom stereocenters. The van der Waals surface area contributed by atoms with Crippen molar-refractivity contribution in [2.24, 2.45) is 0 Å². The fraction of sp³-hybridized carbons (Fsp3) is 0.125. The van der Waals surface area contributed by atoms with E-state index in [2.05, 4.69) is 166 Å². The van der Waals surface area contributed by atoms with E-state index in [0.717, 1.165) is 83.9 Å². The number of aromatic hydroxyl groups is 1. The molecule has 0 amide bonds. The molecule has 0 unspecified atom stereocenters. The van der Waals surface area contributed by atoms with Gasteiger partial charge in [-0.15, -0.1) is 35.0 Å². The first-order valence-electron chi connectivity index (χ1n) is 17.8. The number of para-hydroxylation sites is 1. The van der Waals surface area contributed by atoms with Crippen LogP contribution in [0.15, 0.2) is 152 Å². The number of hydrogen-bond donors (Lipinski definition) is 1. The summed E-state index contributed by atoms with van der Waals surface area (Å²) >= 11 is 0. The Morgan fingerprint density at radius 1 is 0.566 bits per heavy atom. The summed E-state index contributed by atoms with van der Waals surface area (Å²) in [5, 5.41) is 13.4. The van der Waals surface area contributed by atoms with Gasteiger partial charge in [-0.3, -0.25) is 0 Å². The molecule has 4 nitrogen and oxygen atoms in total. The maximum Gasteiger partial charge on any atom is 0.125 e. The number of benzene rings is 6. The number of phenolic OH excluding ortho intramolecular Hbond substituents is 1. The molecule has 53 heavy (non-hydrogen) atoms. The SMILES string of the molecule is CC1(C)c2ccc(-c3cn(-c4c(-c5ccccc5)cccc4-c4ccccc4)c(-c4cccc5ccc[c-]c45)n3)nc2-c2c(O)cccc2C1(C)C.[Pt]. The monoisotopic (exact) mass is 867 g/mol. The fourth-order valence-electron chi connectivity index (χ4n) is 7.99. The number of imidazole rings is 1. The van der Waals surface area contributed by atoms with Crippen LogP contribution < -0.4 is 0 Å². The van der Waals surface area contributed by atoms with Crippen LogP contribution in [0.25, 0.3) is 72.7 Å². The Kier molecular flexibility index (Phi) is 8.55. The van der Waals surface area contributed by atoms with Gasteiger partial charge in [-0.1, -0.05) is 149 Å². The Morgan fingerprint density at radius 2 is 1.17 bits per heavy atom. The zero-order valence-corrected chi connectivity index (χ0v) is 32.3. The van der Waals surface area contributed by atoms with Crippen LogP contribution in [0.4, 0.5) is 0 Å². The van der Waals surface area contributed by atoms with Crippen LogP contribution in [0, 0.1) is 6.07 Å². The van der Waals surface area contributed by atoms with Crippen molar-refractivity contribution in [3.05, 3.63) is 169 Å². The Bertz CT molecular complexity index is 2580. The van der Waals surface area contributed by atoms with Crippen molar-refractivity contribution < 1.29 is 26.2 Å². The molecule has 9 rings (SSSR count). The first-order valence-corrected chi connectivity index (χ1v) is 17.8. The number of fused-ring (bicyclic) bond motifs is 4. The van der Waals surface area contributed by atoms with Crippen LogP contribution >= 0.6 is 0 Å². The van der Waals surface area contributed by atoms with Crippen molar-refractivity contribution in [3.8, 4) is 67.7 Å². The zero-order valence-electron chi connectivity index (χ0n) is 30.0. The summed E-state index contributed by atoms with van der Waals surface area (Å²) in [6.45, 7) is 9.06. The van der Waals surface area contributed by atoms with Crippen LogP contribution in [0.5, 0.6) is 5.75 Å². The zero-order chi connectivity index (χ0) is 35.6. The third-order valence-electron chi connectivity index (χ3n) is 11.4. The molecule has 1 aliphatic carbocycles. The summed E-state index contributed by atoms with van der Waals surface area (Å²) in [5.41, 5.74) is 11.3. The predicted molar refractivity (Wildman–Crippen MR) is 213 cm³/mol. The molecule has 0 saturated carbocycles. The fourth-order valence-corrected chi connectivity index (χ4v) is 7.99. The van der Waals surface area contributed by atoms with E-state index in [1.54, 1.807) is 6.07 Å². The Hall–Kier alpha value is -5.57. The number of pyridine rings is 1. The molecule has 0 spiro atoms. The second-order valence-corrected chi connectivity index (χ2v) is 14.7. The van der Waals surface area contributed by atoms with Gasteiger partial charge >= 0.3 is 0 Å². The van der Waals surface area contributed by atoms with Crippen LogP contribution in [-0.2, 0) is 31.9 Å². The standard InChI is InChI=1S/C48H38N3O.Pt/c1-47(2)38-26-15-27-42(52)43(38)44-39(48(47,3)4)28-29-40(49-44)41-30-51(46(50-41)37-25-13-21-31-20-11-12-22-34(31)37)45-35(32-16-7-5-8-17-32)23-14-24-36(45)33-18-9-6-10-19-33;/h5-21,23-30,52H,1-4H3;/q-1;. The largest absolute Gasteiger partial charge is 0.507 e. The molecular weight excluding hydrogens is 830 g/mol. The van der Waals surface area contributed by atoms with Crippen LogP contribution in [0.1, 0.15) is 38.8 Å². The Morgan fingerprint density at radius 3 is 1.87 bits per heavy atom. The molecule has 1 aliphatic rings. The van der Waals surface area contributed by atoms with Gasteiger partial charge in [-0.25, -0.2) is 9.97 Å². The summed E-state index contributed by atoms with van der Waals surface area (Å²) in [4.78, 5) is 10.8. The van der Waals surface area contributed by atoms with Gasteiger partial charge in [0.1, 0.15) is 17.3 Å². The number of phenols is 1. The van der Waals surface area contributed by atoms with E-state index < -0.39 is 0 Å². The van der Waals surface area contributed by atoms with Crippen LogP contribution in [-0.4, -0.2) is 19.6 Å². The molecular formula is C48H38N3OPt-. The molecule has 0 saturated heterocycles. The van der Waals surface area contributed by atoms with Crippen molar-refractivity contribution in [1.82, 2.24) is 14.5 Å². The van der Waals surface area contributed by atoms with Gasteiger partial charge in [0.15, 0.2) is 0 Å². The molecule has 0 bridgehead atoms. The van der Waals surface area contributed by atoms with E-state index in [9.17, 15) is 5.11 Å². The number of rotatable bonds is 5. The van der Waals surface area contributed by atoms with Gasteiger partial charge in [-0.2, -0.15) is 0 Å². The molecule has 0 aliphatic heterocycles.